The Bertz CT molecular complexity index is 1180. The Morgan fingerprint density at radius 1 is 0.879 bits per heavy atom. The molecule has 1 heterocycles. The number of carbonyl (C=O) groups excluding carboxylic acids is 1. The van der Waals surface area contributed by atoms with Gasteiger partial charge in [-0.15, -0.1) is 0 Å². The zero-order chi connectivity index (χ0) is 23.0. The molecular formula is C28H28N2O3. The lowest BCUT2D eigenvalue weighted by molar-refractivity contribution is 0.0939. The van der Waals surface area contributed by atoms with Crippen molar-refractivity contribution in [1.82, 2.24) is 9.88 Å². The Hall–Kier alpha value is -3.99. The van der Waals surface area contributed by atoms with Gasteiger partial charge in [-0.1, -0.05) is 60.7 Å². The molecule has 3 aromatic carbocycles. The minimum absolute atomic E-state index is 0.115. The normalized spacial score (nSPS) is 10.6. The number of nitrogens with zero attached hydrogens (tertiary/aromatic N) is 1. The molecule has 0 unspecified atom stereocenters. The summed E-state index contributed by atoms with van der Waals surface area (Å²) in [5, 5.41) is 3.03. The van der Waals surface area contributed by atoms with E-state index in [-0.39, 0.29) is 5.91 Å². The van der Waals surface area contributed by atoms with Crippen LogP contribution in [-0.2, 0) is 6.54 Å². The molecule has 1 aromatic heterocycles. The number of ether oxygens (including phenoxy) is 2. The highest BCUT2D eigenvalue weighted by molar-refractivity contribution is 6.00. The van der Waals surface area contributed by atoms with Crippen LogP contribution in [0.15, 0.2) is 91.1 Å². The van der Waals surface area contributed by atoms with E-state index in [1.807, 2.05) is 84.3 Å². The zero-order valence-electron chi connectivity index (χ0n) is 19.0. The molecule has 4 rings (SSSR count). The van der Waals surface area contributed by atoms with Crippen molar-refractivity contribution in [1.29, 1.82) is 0 Å². The molecule has 1 amide bonds. The second-order valence-corrected chi connectivity index (χ2v) is 7.80. The number of benzene rings is 3. The molecule has 0 bridgehead atoms. The quantitative estimate of drug-likeness (QED) is 0.358. The molecule has 0 atom stereocenters. The summed E-state index contributed by atoms with van der Waals surface area (Å²) in [4.78, 5) is 13.4. The predicted molar refractivity (Wildman–Crippen MR) is 131 cm³/mol. The molecule has 0 spiro atoms. The molecule has 0 radical (unpaired) electrons. The fraction of sp³-hybridized carbons (Fsp3) is 0.179. The second-order valence-electron chi connectivity index (χ2n) is 7.80. The fourth-order valence-electron chi connectivity index (χ4n) is 3.90. The van der Waals surface area contributed by atoms with E-state index in [4.69, 9.17) is 9.47 Å². The largest absolute Gasteiger partial charge is 0.497 e. The molecule has 1 N–H and O–H groups in total. The number of hydrogen-bond donors (Lipinski definition) is 1. The van der Waals surface area contributed by atoms with Gasteiger partial charge in [-0.05, 0) is 47.9 Å². The summed E-state index contributed by atoms with van der Waals surface area (Å²) in [6.45, 7) is 3.44. The van der Waals surface area contributed by atoms with Gasteiger partial charge in [-0.25, -0.2) is 0 Å². The van der Waals surface area contributed by atoms with Crippen LogP contribution in [0.5, 0.6) is 11.5 Å². The van der Waals surface area contributed by atoms with Crippen LogP contribution in [0.4, 0.5) is 0 Å². The van der Waals surface area contributed by atoms with Crippen molar-refractivity contribution in [3.8, 4) is 22.6 Å². The first-order chi connectivity index (χ1) is 16.2. The number of hydrogen-bond acceptors (Lipinski definition) is 3. The van der Waals surface area contributed by atoms with Gasteiger partial charge in [0.1, 0.15) is 23.8 Å². The highest BCUT2D eigenvalue weighted by atomic mass is 16.5. The third kappa shape index (κ3) is 5.44. The average Bonchev–Trinajstić information content (AvgIpc) is 3.18. The van der Waals surface area contributed by atoms with Crippen LogP contribution in [0.2, 0.25) is 0 Å². The third-order valence-corrected chi connectivity index (χ3v) is 5.46. The van der Waals surface area contributed by atoms with E-state index >= 15 is 0 Å². The summed E-state index contributed by atoms with van der Waals surface area (Å²) in [5.74, 6) is 1.40. The number of amides is 1. The molecule has 33 heavy (non-hydrogen) atoms. The maximum atomic E-state index is 13.4. The maximum Gasteiger partial charge on any atom is 0.268 e. The Kier molecular flexibility index (Phi) is 7.10. The fourth-order valence-corrected chi connectivity index (χ4v) is 3.90. The van der Waals surface area contributed by atoms with E-state index in [1.165, 1.54) is 0 Å². The highest BCUT2D eigenvalue weighted by Crippen LogP contribution is 2.30. The lowest BCUT2D eigenvalue weighted by Crippen LogP contribution is -2.30. The maximum absolute atomic E-state index is 13.4. The van der Waals surface area contributed by atoms with Crippen molar-refractivity contribution < 1.29 is 14.3 Å². The minimum Gasteiger partial charge on any atom is -0.497 e. The van der Waals surface area contributed by atoms with E-state index in [0.717, 1.165) is 33.8 Å². The van der Waals surface area contributed by atoms with Gasteiger partial charge in [-0.3, -0.25) is 4.79 Å². The smallest absolute Gasteiger partial charge is 0.268 e. The van der Waals surface area contributed by atoms with Gasteiger partial charge in [-0.2, -0.15) is 0 Å². The van der Waals surface area contributed by atoms with Crippen molar-refractivity contribution in [2.45, 2.75) is 13.5 Å². The van der Waals surface area contributed by atoms with Crippen molar-refractivity contribution in [2.75, 3.05) is 20.3 Å². The Balaban J connectivity index is 1.51. The van der Waals surface area contributed by atoms with Crippen molar-refractivity contribution in [2.24, 2.45) is 0 Å². The molecule has 0 aliphatic heterocycles. The first-order valence-electron chi connectivity index (χ1n) is 11.0. The third-order valence-electron chi connectivity index (χ3n) is 5.46. The van der Waals surface area contributed by atoms with E-state index in [9.17, 15) is 4.79 Å². The molecule has 4 aromatic rings. The van der Waals surface area contributed by atoms with Gasteiger partial charge < -0.3 is 19.4 Å². The van der Waals surface area contributed by atoms with Crippen molar-refractivity contribution in [3.63, 3.8) is 0 Å². The minimum atomic E-state index is -0.115. The summed E-state index contributed by atoms with van der Waals surface area (Å²) in [7, 11) is 1.63. The Morgan fingerprint density at radius 2 is 1.52 bits per heavy atom. The Morgan fingerprint density at radius 3 is 2.18 bits per heavy atom. The molecule has 0 saturated heterocycles. The summed E-state index contributed by atoms with van der Waals surface area (Å²) in [6.07, 6.45) is 2.05. The number of nitrogens with one attached hydrogen (secondary N) is 1. The summed E-state index contributed by atoms with van der Waals surface area (Å²) in [6, 6.07) is 27.6. The molecular weight excluding hydrogens is 412 g/mol. The number of rotatable bonds is 9. The number of methoxy groups -OCH3 is 1. The van der Waals surface area contributed by atoms with Crippen LogP contribution < -0.4 is 14.8 Å². The molecule has 5 nitrogen and oxygen atoms in total. The van der Waals surface area contributed by atoms with Crippen molar-refractivity contribution >= 4 is 5.91 Å². The first kappa shape index (κ1) is 22.2. The number of aromatic nitrogens is 1. The lowest BCUT2D eigenvalue weighted by Gasteiger charge is -2.13. The predicted octanol–water partition coefficient (Wildman–Crippen LogP) is 5.33. The molecule has 0 aliphatic carbocycles. The topological polar surface area (TPSA) is 52.5 Å². The van der Waals surface area contributed by atoms with Crippen LogP contribution in [0.3, 0.4) is 0 Å². The van der Waals surface area contributed by atoms with Crippen LogP contribution in [0, 0.1) is 6.92 Å². The molecule has 0 fully saturated rings. The monoisotopic (exact) mass is 440 g/mol. The van der Waals surface area contributed by atoms with Gasteiger partial charge >= 0.3 is 0 Å². The summed E-state index contributed by atoms with van der Waals surface area (Å²) >= 11 is 0. The molecule has 0 saturated carbocycles. The molecule has 168 valence electrons. The second kappa shape index (κ2) is 10.6. The summed E-state index contributed by atoms with van der Waals surface area (Å²) < 4.78 is 13.0. The van der Waals surface area contributed by atoms with E-state index in [1.54, 1.807) is 7.11 Å². The van der Waals surface area contributed by atoms with Gasteiger partial charge in [0.25, 0.3) is 5.91 Å². The number of carbonyl (C=O) groups is 1. The highest BCUT2D eigenvalue weighted by Gasteiger charge is 2.21. The summed E-state index contributed by atoms with van der Waals surface area (Å²) in [5.41, 5.74) is 4.86. The van der Waals surface area contributed by atoms with Crippen LogP contribution >= 0.6 is 0 Å². The zero-order valence-corrected chi connectivity index (χ0v) is 19.0. The SMILES string of the molecule is COc1ccc(OCCNC(=O)c2c(-c3ccccc3)c(C)cn2Cc2ccccc2)cc1. The van der Waals surface area contributed by atoms with Crippen LogP contribution in [-0.4, -0.2) is 30.7 Å². The number of aryl methyl sites for hydroxylation is 1. The van der Waals surface area contributed by atoms with E-state index in [2.05, 4.69) is 23.6 Å². The first-order valence-corrected chi connectivity index (χ1v) is 11.0. The molecule has 0 aliphatic rings. The van der Waals surface area contributed by atoms with Crippen molar-refractivity contribution in [3.05, 3.63) is 108 Å². The average molecular weight is 441 g/mol. The van der Waals surface area contributed by atoms with Gasteiger partial charge in [0.2, 0.25) is 0 Å². The van der Waals surface area contributed by atoms with E-state index < -0.39 is 0 Å². The molecule has 5 heteroatoms. The van der Waals surface area contributed by atoms with Crippen LogP contribution in [0.1, 0.15) is 21.6 Å². The van der Waals surface area contributed by atoms with Gasteiger partial charge in [0.05, 0.1) is 13.7 Å². The van der Waals surface area contributed by atoms with Gasteiger partial charge in [0.15, 0.2) is 0 Å². The van der Waals surface area contributed by atoms with Crippen LogP contribution in [0.25, 0.3) is 11.1 Å². The van der Waals surface area contributed by atoms with Gasteiger partial charge in [0, 0.05) is 18.3 Å². The standard InChI is InChI=1S/C28H28N2O3/c1-21-19-30(20-22-9-5-3-6-10-22)27(26(21)23-11-7-4-8-12-23)28(31)29-17-18-33-25-15-13-24(32-2)14-16-25/h3-16,19H,17-18,20H2,1-2H3,(H,29,31). The Labute approximate surface area is 194 Å². The van der Waals surface area contributed by atoms with E-state index in [0.29, 0.717) is 25.4 Å². The lowest BCUT2D eigenvalue weighted by atomic mass is 10.0.